The molecule has 0 aromatic carbocycles. The molecule has 1 amide bonds. The largest absolute Gasteiger partial charge is 0.355 e. The lowest BCUT2D eigenvalue weighted by molar-refractivity contribution is -0.120. The van der Waals surface area contributed by atoms with Crippen molar-refractivity contribution >= 4 is 5.91 Å². The van der Waals surface area contributed by atoms with Crippen LogP contribution in [-0.4, -0.2) is 32.1 Å². The van der Waals surface area contributed by atoms with Gasteiger partial charge in [0.15, 0.2) is 0 Å². The monoisotopic (exact) mass is 183 g/mol. The van der Waals surface area contributed by atoms with Gasteiger partial charge in [-0.3, -0.25) is 10.1 Å². The molecule has 4 N–H and O–H groups in total. The molecule has 4 nitrogen and oxygen atoms in total. The van der Waals surface area contributed by atoms with Crippen LogP contribution in [0.4, 0.5) is 0 Å². The molecule has 0 rings (SSSR count). The van der Waals surface area contributed by atoms with Crippen LogP contribution in [0.15, 0.2) is 0 Å². The van der Waals surface area contributed by atoms with Crippen LogP contribution in [0.25, 0.3) is 0 Å². The topological polar surface area (TPSA) is 67.2 Å². The van der Waals surface area contributed by atoms with Crippen molar-refractivity contribution in [2.24, 2.45) is 5.73 Å². The average Bonchev–Trinajstić information content (AvgIpc) is 2.13. The zero-order valence-corrected chi connectivity index (χ0v) is 7.81. The van der Waals surface area contributed by atoms with Crippen LogP contribution in [0.5, 0.6) is 0 Å². The Morgan fingerprint density at radius 3 is 2.85 bits per heavy atom. The summed E-state index contributed by atoms with van der Waals surface area (Å²) in [5.41, 5.74) is 5.30. The van der Waals surface area contributed by atoms with E-state index in [2.05, 4.69) is 16.6 Å². The molecule has 0 saturated heterocycles. The van der Waals surface area contributed by atoms with Crippen LogP contribution in [0.1, 0.15) is 12.8 Å². The summed E-state index contributed by atoms with van der Waals surface area (Å²) in [6, 6.07) is 0. The second-order valence-electron chi connectivity index (χ2n) is 2.65. The van der Waals surface area contributed by atoms with Crippen molar-refractivity contribution in [1.29, 1.82) is 0 Å². The molecule has 0 atom stereocenters. The number of hydrogen-bond donors (Lipinski definition) is 3. The maximum absolute atomic E-state index is 11.0. The Bertz CT molecular complexity index is 174. The van der Waals surface area contributed by atoms with E-state index in [9.17, 15) is 4.79 Å². The summed E-state index contributed by atoms with van der Waals surface area (Å²) in [5.74, 6) is 2.37. The molecule has 0 fully saturated rings. The Balaban J connectivity index is 3.16. The summed E-state index contributed by atoms with van der Waals surface area (Å²) in [7, 11) is 0. The third-order valence-corrected chi connectivity index (χ3v) is 1.47. The standard InChI is InChI=1S/C9H17N3O/c1-2-6-11-8-9(13)12-7-4-3-5-10/h1,11H,3-8,10H2,(H,12,13). The molecule has 0 unspecified atom stereocenters. The second kappa shape index (κ2) is 9.04. The minimum absolute atomic E-state index is 0.0210. The van der Waals surface area contributed by atoms with E-state index in [0.717, 1.165) is 12.8 Å². The lowest BCUT2D eigenvalue weighted by Crippen LogP contribution is -2.34. The van der Waals surface area contributed by atoms with Crippen LogP contribution in [0.2, 0.25) is 0 Å². The number of amides is 1. The fourth-order valence-corrected chi connectivity index (χ4v) is 0.808. The van der Waals surface area contributed by atoms with Gasteiger partial charge in [-0.25, -0.2) is 0 Å². The van der Waals surface area contributed by atoms with Gasteiger partial charge in [-0.1, -0.05) is 5.92 Å². The lowest BCUT2D eigenvalue weighted by atomic mass is 10.3. The van der Waals surface area contributed by atoms with Gasteiger partial charge in [-0.05, 0) is 19.4 Å². The highest BCUT2D eigenvalue weighted by molar-refractivity contribution is 5.77. The number of rotatable bonds is 7. The van der Waals surface area contributed by atoms with Gasteiger partial charge in [0.1, 0.15) is 0 Å². The van der Waals surface area contributed by atoms with E-state index in [4.69, 9.17) is 12.2 Å². The van der Waals surface area contributed by atoms with Gasteiger partial charge in [0.05, 0.1) is 13.1 Å². The second-order valence-corrected chi connectivity index (χ2v) is 2.65. The van der Waals surface area contributed by atoms with Crippen molar-refractivity contribution in [3.63, 3.8) is 0 Å². The number of unbranched alkanes of at least 4 members (excludes halogenated alkanes) is 1. The summed E-state index contributed by atoms with van der Waals surface area (Å²) in [6.07, 6.45) is 6.87. The predicted octanol–water partition coefficient (Wildman–Crippen LogP) is -0.936. The first kappa shape index (κ1) is 11.9. The zero-order chi connectivity index (χ0) is 9.94. The smallest absolute Gasteiger partial charge is 0.233 e. The highest BCUT2D eigenvalue weighted by atomic mass is 16.1. The molecule has 0 bridgehead atoms. The van der Waals surface area contributed by atoms with E-state index in [1.54, 1.807) is 0 Å². The first-order valence-corrected chi connectivity index (χ1v) is 4.42. The number of carbonyl (C=O) groups excluding carboxylic acids is 1. The molecule has 0 aliphatic heterocycles. The molecule has 0 aliphatic rings. The average molecular weight is 183 g/mol. The van der Waals surface area contributed by atoms with Crippen molar-refractivity contribution in [3.8, 4) is 12.3 Å². The van der Waals surface area contributed by atoms with Gasteiger partial charge in [-0.15, -0.1) is 6.42 Å². The van der Waals surface area contributed by atoms with Gasteiger partial charge in [-0.2, -0.15) is 0 Å². The first-order chi connectivity index (χ1) is 6.31. The minimum Gasteiger partial charge on any atom is -0.355 e. The maximum atomic E-state index is 11.0. The summed E-state index contributed by atoms with van der Waals surface area (Å²) in [4.78, 5) is 11.0. The van der Waals surface area contributed by atoms with Crippen LogP contribution in [-0.2, 0) is 4.79 Å². The molecular weight excluding hydrogens is 166 g/mol. The Hall–Kier alpha value is -1.05. The first-order valence-electron chi connectivity index (χ1n) is 4.42. The molecule has 0 aromatic rings. The SMILES string of the molecule is C#CCNCC(=O)NCCCCN. The predicted molar refractivity (Wildman–Crippen MR) is 53.0 cm³/mol. The third-order valence-electron chi connectivity index (χ3n) is 1.47. The van der Waals surface area contributed by atoms with Crippen LogP contribution in [0, 0.1) is 12.3 Å². The summed E-state index contributed by atoms with van der Waals surface area (Å²) >= 11 is 0. The van der Waals surface area contributed by atoms with E-state index in [1.165, 1.54) is 0 Å². The van der Waals surface area contributed by atoms with Gasteiger partial charge >= 0.3 is 0 Å². The Morgan fingerprint density at radius 2 is 2.23 bits per heavy atom. The molecule has 0 aromatic heterocycles. The van der Waals surface area contributed by atoms with Crippen molar-refractivity contribution in [2.45, 2.75) is 12.8 Å². The fraction of sp³-hybridized carbons (Fsp3) is 0.667. The number of carbonyl (C=O) groups is 1. The minimum atomic E-state index is -0.0210. The van der Waals surface area contributed by atoms with E-state index in [-0.39, 0.29) is 12.5 Å². The van der Waals surface area contributed by atoms with E-state index >= 15 is 0 Å². The van der Waals surface area contributed by atoms with Crippen LogP contribution >= 0.6 is 0 Å². The quantitative estimate of drug-likeness (QED) is 0.353. The molecule has 0 heterocycles. The zero-order valence-electron chi connectivity index (χ0n) is 7.81. The fourth-order valence-electron chi connectivity index (χ4n) is 0.808. The van der Waals surface area contributed by atoms with E-state index < -0.39 is 0 Å². The molecule has 0 radical (unpaired) electrons. The molecule has 74 valence electrons. The summed E-state index contributed by atoms with van der Waals surface area (Å²) < 4.78 is 0. The van der Waals surface area contributed by atoms with Gasteiger partial charge in [0.25, 0.3) is 0 Å². The lowest BCUT2D eigenvalue weighted by Gasteiger charge is -2.03. The molecule has 13 heavy (non-hydrogen) atoms. The third kappa shape index (κ3) is 8.86. The number of nitrogens with two attached hydrogens (primary N) is 1. The van der Waals surface area contributed by atoms with Crippen LogP contribution < -0.4 is 16.4 Å². The van der Waals surface area contributed by atoms with Gasteiger partial charge in [0, 0.05) is 6.54 Å². The van der Waals surface area contributed by atoms with Crippen molar-refractivity contribution in [1.82, 2.24) is 10.6 Å². The summed E-state index contributed by atoms with van der Waals surface area (Å²) in [5, 5.41) is 5.55. The summed E-state index contributed by atoms with van der Waals surface area (Å²) in [6.45, 7) is 2.07. The van der Waals surface area contributed by atoms with E-state index in [1.807, 2.05) is 0 Å². The maximum Gasteiger partial charge on any atom is 0.233 e. The molecule has 0 aliphatic carbocycles. The van der Waals surface area contributed by atoms with Crippen molar-refractivity contribution in [2.75, 3.05) is 26.2 Å². The number of nitrogens with one attached hydrogen (secondary N) is 2. The molecular formula is C9H17N3O. The van der Waals surface area contributed by atoms with E-state index in [0.29, 0.717) is 19.6 Å². The Labute approximate surface area is 79.3 Å². The highest BCUT2D eigenvalue weighted by Gasteiger charge is 1.97. The Kier molecular flexibility index (Phi) is 8.31. The molecule has 0 saturated carbocycles. The normalized spacial score (nSPS) is 9.23. The Morgan fingerprint density at radius 1 is 1.46 bits per heavy atom. The van der Waals surface area contributed by atoms with Crippen molar-refractivity contribution < 1.29 is 4.79 Å². The highest BCUT2D eigenvalue weighted by Crippen LogP contribution is 1.81. The number of hydrogen-bond acceptors (Lipinski definition) is 3. The van der Waals surface area contributed by atoms with Gasteiger partial charge < -0.3 is 11.1 Å². The van der Waals surface area contributed by atoms with Crippen molar-refractivity contribution in [3.05, 3.63) is 0 Å². The number of terminal acetylenes is 1. The van der Waals surface area contributed by atoms with Crippen LogP contribution in [0.3, 0.4) is 0 Å². The molecule has 0 spiro atoms. The molecule has 4 heteroatoms. The van der Waals surface area contributed by atoms with Gasteiger partial charge in [0.2, 0.25) is 5.91 Å².